The molecule has 5 heteroatoms. The van der Waals surface area contributed by atoms with E-state index in [1.54, 1.807) is 6.20 Å². The Labute approximate surface area is 106 Å². The van der Waals surface area contributed by atoms with Crippen molar-refractivity contribution in [1.82, 2.24) is 15.1 Å². The third-order valence-corrected chi connectivity index (χ3v) is 2.85. The Hall–Kier alpha value is -1.75. The molecular weight excluding hydrogens is 228 g/mol. The fourth-order valence-corrected chi connectivity index (χ4v) is 1.64. The highest BCUT2D eigenvalue weighted by atomic mass is 16.5. The van der Waals surface area contributed by atoms with E-state index < -0.39 is 0 Å². The number of nitrogens with zero attached hydrogens (tertiary/aromatic N) is 3. The van der Waals surface area contributed by atoms with Gasteiger partial charge in [0.25, 0.3) is 0 Å². The average Bonchev–Trinajstić information content (AvgIpc) is 2.85. The Morgan fingerprint density at radius 1 is 1.44 bits per heavy atom. The van der Waals surface area contributed by atoms with Gasteiger partial charge in [-0.25, -0.2) is 0 Å². The first kappa shape index (κ1) is 12.7. The third kappa shape index (κ3) is 3.63. The van der Waals surface area contributed by atoms with Crippen LogP contribution in [0.2, 0.25) is 0 Å². The Bertz CT molecular complexity index is 469. The molecule has 1 unspecified atom stereocenters. The quantitative estimate of drug-likeness (QED) is 0.837. The number of aromatic nitrogens is 3. The molecule has 2 heterocycles. The highest BCUT2D eigenvalue weighted by Gasteiger charge is 2.08. The fourth-order valence-electron chi connectivity index (χ4n) is 1.64. The molecule has 0 saturated heterocycles. The summed E-state index contributed by atoms with van der Waals surface area (Å²) in [5, 5.41) is 3.97. The topological polar surface area (TPSA) is 77.8 Å². The van der Waals surface area contributed by atoms with Crippen LogP contribution in [0.25, 0.3) is 0 Å². The fraction of sp³-hybridized carbons (Fsp3) is 0.462. The van der Waals surface area contributed by atoms with E-state index in [9.17, 15) is 0 Å². The number of hydrogen-bond acceptors (Lipinski definition) is 5. The minimum Gasteiger partial charge on any atom is -0.339 e. The van der Waals surface area contributed by atoms with Crippen molar-refractivity contribution in [2.45, 2.75) is 26.2 Å². The molecule has 2 aromatic rings. The van der Waals surface area contributed by atoms with Gasteiger partial charge >= 0.3 is 0 Å². The molecule has 0 aromatic carbocycles. The molecule has 0 amide bonds. The first-order valence-electron chi connectivity index (χ1n) is 6.18. The molecule has 1 atom stereocenters. The van der Waals surface area contributed by atoms with Crippen LogP contribution in [-0.4, -0.2) is 21.7 Å². The summed E-state index contributed by atoms with van der Waals surface area (Å²) in [7, 11) is 0. The molecule has 0 radical (unpaired) electrons. The van der Waals surface area contributed by atoms with Crippen molar-refractivity contribution in [3.8, 4) is 0 Å². The SMILES string of the molecule is CC(CN)CCc1nc(Cc2cccnc2)no1. The lowest BCUT2D eigenvalue weighted by atomic mass is 10.1. The van der Waals surface area contributed by atoms with Gasteiger partial charge in [-0.1, -0.05) is 18.1 Å². The van der Waals surface area contributed by atoms with E-state index in [0.29, 0.717) is 30.6 Å². The maximum Gasteiger partial charge on any atom is 0.226 e. The van der Waals surface area contributed by atoms with Crippen molar-refractivity contribution in [2.75, 3.05) is 6.54 Å². The Morgan fingerprint density at radius 3 is 3.06 bits per heavy atom. The van der Waals surface area contributed by atoms with Crippen molar-refractivity contribution < 1.29 is 4.52 Å². The number of rotatable bonds is 6. The minimum absolute atomic E-state index is 0.485. The lowest BCUT2D eigenvalue weighted by Gasteiger charge is -2.03. The van der Waals surface area contributed by atoms with Gasteiger partial charge in [0.1, 0.15) is 0 Å². The van der Waals surface area contributed by atoms with Crippen LogP contribution in [0.3, 0.4) is 0 Å². The van der Waals surface area contributed by atoms with Gasteiger partial charge in [0.15, 0.2) is 5.82 Å². The molecule has 5 nitrogen and oxygen atoms in total. The Kier molecular flexibility index (Phi) is 4.41. The molecule has 2 rings (SSSR count). The average molecular weight is 246 g/mol. The second-order valence-corrected chi connectivity index (χ2v) is 4.52. The zero-order chi connectivity index (χ0) is 12.8. The van der Waals surface area contributed by atoms with Gasteiger partial charge in [0.05, 0.1) is 0 Å². The van der Waals surface area contributed by atoms with Gasteiger partial charge in [0.2, 0.25) is 5.89 Å². The maximum absolute atomic E-state index is 5.57. The van der Waals surface area contributed by atoms with Gasteiger partial charge in [-0.15, -0.1) is 0 Å². The summed E-state index contributed by atoms with van der Waals surface area (Å²) in [4.78, 5) is 8.42. The summed E-state index contributed by atoms with van der Waals surface area (Å²) >= 11 is 0. The molecule has 0 aliphatic carbocycles. The van der Waals surface area contributed by atoms with Gasteiger partial charge in [-0.3, -0.25) is 4.98 Å². The van der Waals surface area contributed by atoms with Crippen LogP contribution in [0.4, 0.5) is 0 Å². The van der Waals surface area contributed by atoms with Crippen molar-refractivity contribution in [1.29, 1.82) is 0 Å². The molecule has 0 aliphatic rings. The van der Waals surface area contributed by atoms with Crippen LogP contribution >= 0.6 is 0 Å². The van der Waals surface area contributed by atoms with Gasteiger partial charge in [-0.2, -0.15) is 4.98 Å². The lowest BCUT2D eigenvalue weighted by molar-refractivity contribution is 0.362. The van der Waals surface area contributed by atoms with E-state index in [0.717, 1.165) is 18.4 Å². The predicted octanol–water partition coefficient (Wildman–Crippen LogP) is 1.58. The van der Waals surface area contributed by atoms with Crippen LogP contribution in [0.1, 0.15) is 30.6 Å². The molecule has 18 heavy (non-hydrogen) atoms. The molecule has 0 fully saturated rings. The van der Waals surface area contributed by atoms with E-state index in [1.165, 1.54) is 0 Å². The molecule has 2 aromatic heterocycles. The lowest BCUT2D eigenvalue weighted by Crippen LogP contribution is -2.11. The summed E-state index contributed by atoms with van der Waals surface area (Å²) in [6, 6.07) is 3.90. The first-order valence-corrected chi connectivity index (χ1v) is 6.18. The summed E-state index contributed by atoms with van der Waals surface area (Å²) in [5.41, 5.74) is 6.65. The van der Waals surface area contributed by atoms with Gasteiger partial charge in [-0.05, 0) is 30.5 Å². The highest BCUT2D eigenvalue weighted by molar-refractivity contribution is 5.13. The Morgan fingerprint density at radius 2 is 2.33 bits per heavy atom. The van der Waals surface area contributed by atoms with E-state index in [-0.39, 0.29) is 0 Å². The van der Waals surface area contributed by atoms with Crippen molar-refractivity contribution in [2.24, 2.45) is 11.7 Å². The standard InChI is InChI=1S/C13H18N4O/c1-10(8-14)4-5-13-16-12(17-18-13)7-11-3-2-6-15-9-11/h2-3,6,9-10H,4-5,7-8,14H2,1H3. The van der Waals surface area contributed by atoms with Crippen LogP contribution in [-0.2, 0) is 12.8 Å². The van der Waals surface area contributed by atoms with Crippen LogP contribution in [0, 0.1) is 5.92 Å². The number of pyridine rings is 1. The van der Waals surface area contributed by atoms with Crippen molar-refractivity contribution >= 4 is 0 Å². The zero-order valence-electron chi connectivity index (χ0n) is 10.5. The van der Waals surface area contributed by atoms with Crippen LogP contribution in [0.5, 0.6) is 0 Å². The molecular formula is C13H18N4O. The van der Waals surface area contributed by atoms with Gasteiger partial charge < -0.3 is 10.3 Å². The van der Waals surface area contributed by atoms with Crippen LogP contribution < -0.4 is 5.73 Å². The number of hydrogen-bond donors (Lipinski definition) is 1. The predicted molar refractivity (Wildman–Crippen MR) is 67.9 cm³/mol. The summed E-state index contributed by atoms with van der Waals surface area (Å²) < 4.78 is 5.21. The van der Waals surface area contributed by atoms with E-state index in [2.05, 4.69) is 22.0 Å². The largest absolute Gasteiger partial charge is 0.339 e. The number of nitrogens with two attached hydrogens (primary N) is 1. The number of aryl methyl sites for hydroxylation is 1. The van der Waals surface area contributed by atoms with E-state index in [1.807, 2.05) is 18.3 Å². The third-order valence-electron chi connectivity index (χ3n) is 2.85. The molecule has 0 spiro atoms. The second-order valence-electron chi connectivity index (χ2n) is 4.52. The normalized spacial score (nSPS) is 12.6. The molecule has 2 N–H and O–H groups in total. The Balaban J connectivity index is 1.90. The summed E-state index contributed by atoms with van der Waals surface area (Å²) in [5.74, 6) is 1.88. The van der Waals surface area contributed by atoms with Crippen molar-refractivity contribution in [3.05, 3.63) is 41.8 Å². The molecule has 0 bridgehead atoms. The molecule has 96 valence electrons. The monoisotopic (exact) mass is 246 g/mol. The maximum atomic E-state index is 5.57. The van der Waals surface area contributed by atoms with Crippen molar-refractivity contribution in [3.63, 3.8) is 0 Å². The molecule has 0 aliphatic heterocycles. The summed E-state index contributed by atoms with van der Waals surface area (Å²) in [6.45, 7) is 2.81. The molecule has 0 saturated carbocycles. The smallest absolute Gasteiger partial charge is 0.226 e. The first-order chi connectivity index (χ1) is 8.78. The van der Waals surface area contributed by atoms with Gasteiger partial charge in [0, 0.05) is 25.2 Å². The van der Waals surface area contributed by atoms with E-state index in [4.69, 9.17) is 10.3 Å². The van der Waals surface area contributed by atoms with E-state index >= 15 is 0 Å². The highest BCUT2D eigenvalue weighted by Crippen LogP contribution is 2.09. The second kappa shape index (κ2) is 6.26. The zero-order valence-corrected chi connectivity index (χ0v) is 10.5. The summed E-state index contributed by atoms with van der Waals surface area (Å²) in [6.07, 6.45) is 5.99. The minimum atomic E-state index is 0.485. The van der Waals surface area contributed by atoms with Crippen LogP contribution in [0.15, 0.2) is 29.0 Å².